The van der Waals surface area contributed by atoms with E-state index < -0.39 is 0 Å². The molecule has 1 aliphatic carbocycles. The molecular weight excluding hydrogens is 236 g/mol. The van der Waals surface area contributed by atoms with Crippen molar-refractivity contribution in [2.75, 3.05) is 0 Å². The number of aromatic nitrogens is 3. The lowest BCUT2D eigenvalue weighted by molar-refractivity contribution is 0.461. The summed E-state index contributed by atoms with van der Waals surface area (Å²) < 4.78 is 1.89. The first-order valence-corrected chi connectivity index (χ1v) is 6.86. The highest BCUT2D eigenvalue weighted by molar-refractivity contribution is 5.31. The van der Waals surface area contributed by atoms with Crippen LogP contribution in [0.1, 0.15) is 47.3 Å². The van der Waals surface area contributed by atoms with Gasteiger partial charge in [-0.1, -0.05) is 6.07 Å². The number of aryl methyl sites for hydroxylation is 2. The minimum Gasteiger partial charge on any atom is -0.323 e. The van der Waals surface area contributed by atoms with E-state index in [1.165, 1.54) is 17.7 Å². The molecule has 0 spiro atoms. The maximum absolute atomic E-state index is 6.51. The zero-order valence-electron chi connectivity index (χ0n) is 11.5. The lowest BCUT2D eigenvalue weighted by Gasteiger charge is -2.29. The molecule has 2 aromatic heterocycles. The lowest BCUT2D eigenvalue weighted by atomic mass is 9.80. The summed E-state index contributed by atoms with van der Waals surface area (Å²) in [6, 6.07) is 4.18. The second kappa shape index (κ2) is 4.78. The van der Waals surface area contributed by atoms with Crippen molar-refractivity contribution >= 4 is 0 Å². The van der Waals surface area contributed by atoms with Crippen molar-refractivity contribution < 1.29 is 0 Å². The summed E-state index contributed by atoms with van der Waals surface area (Å²) in [5.74, 6) is 0.313. The number of fused-ring (bicyclic) bond motifs is 1. The van der Waals surface area contributed by atoms with Gasteiger partial charge in [0.05, 0.1) is 6.20 Å². The van der Waals surface area contributed by atoms with E-state index in [9.17, 15) is 0 Å². The largest absolute Gasteiger partial charge is 0.323 e. The van der Waals surface area contributed by atoms with E-state index >= 15 is 0 Å². The van der Waals surface area contributed by atoms with Gasteiger partial charge in [0.15, 0.2) is 0 Å². The number of nitrogens with zero attached hydrogens (tertiary/aromatic N) is 3. The summed E-state index contributed by atoms with van der Waals surface area (Å²) in [6.45, 7) is 2.07. The minimum atomic E-state index is -0.0114. The van der Waals surface area contributed by atoms with Crippen molar-refractivity contribution in [3.05, 3.63) is 47.0 Å². The molecule has 100 valence electrons. The number of hydrogen-bond donors (Lipinski definition) is 1. The van der Waals surface area contributed by atoms with Crippen LogP contribution in [-0.4, -0.2) is 14.8 Å². The van der Waals surface area contributed by atoms with E-state index in [2.05, 4.69) is 23.1 Å². The van der Waals surface area contributed by atoms with Gasteiger partial charge in [-0.2, -0.15) is 5.10 Å². The van der Waals surface area contributed by atoms with Crippen LogP contribution < -0.4 is 5.73 Å². The molecule has 4 heteroatoms. The topological polar surface area (TPSA) is 56.7 Å². The number of pyridine rings is 1. The van der Waals surface area contributed by atoms with Crippen molar-refractivity contribution in [2.45, 2.75) is 38.1 Å². The summed E-state index contributed by atoms with van der Waals surface area (Å²) in [6.07, 6.45) is 7.20. The molecule has 0 saturated carbocycles. The van der Waals surface area contributed by atoms with Crippen LogP contribution >= 0.6 is 0 Å². The summed E-state index contributed by atoms with van der Waals surface area (Å²) >= 11 is 0. The van der Waals surface area contributed by atoms with Gasteiger partial charge in [0.1, 0.15) is 0 Å². The molecule has 1 aliphatic rings. The highest BCUT2D eigenvalue weighted by Gasteiger charge is 2.29. The van der Waals surface area contributed by atoms with Crippen LogP contribution in [-0.2, 0) is 13.5 Å². The first kappa shape index (κ1) is 12.4. The molecule has 4 nitrogen and oxygen atoms in total. The molecule has 0 radical (unpaired) electrons. The molecule has 0 bridgehead atoms. The first-order valence-electron chi connectivity index (χ1n) is 6.86. The molecule has 19 heavy (non-hydrogen) atoms. The van der Waals surface area contributed by atoms with Crippen molar-refractivity contribution in [2.24, 2.45) is 12.8 Å². The van der Waals surface area contributed by atoms with Gasteiger partial charge < -0.3 is 5.73 Å². The van der Waals surface area contributed by atoms with E-state index in [0.717, 1.165) is 24.1 Å². The van der Waals surface area contributed by atoms with Crippen LogP contribution in [0.3, 0.4) is 0 Å². The minimum absolute atomic E-state index is 0.0114. The summed E-state index contributed by atoms with van der Waals surface area (Å²) in [7, 11) is 1.96. The van der Waals surface area contributed by atoms with Gasteiger partial charge in [-0.15, -0.1) is 0 Å². The van der Waals surface area contributed by atoms with Crippen LogP contribution in [0.4, 0.5) is 0 Å². The molecule has 2 aromatic rings. The van der Waals surface area contributed by atoms with Gasteiger partial charge in [-0.05, 0) is 37.8 Å². The molecule has 0 aliphatic heterocycles. The molecule has 2 unspecified atom stereocenters. The zero-order valence-corrected chi connectivity index (χ0v) is 11.5. The highest BCUT2D eigenvalue weighted by atomic mass is 15.3. The van der Waals surface area contributed by atoms with Crippen molar-refractivity contribution in [3.8, 4) is 0 Å². The van der Waals surface area contributed by atoms with Crippen LogP contribution in [0, 0.1) is 6.92 Å². The maximum atomic E-state index is 6.51. The highest BCUT2D eigenvalue weighted by Crippen LogP contribution is 2.38. The molecule has 0 fully saturated rings. The van der Waals surface area contributed by atoms with Gasteiger partial charge in [0, 0.05) is 42.2 Å². The maximum Gasteiger partial charge on any atom is 0.0540 e. The fourth-order valence-corrected chi connectivity index (χ4v) is 3.05. The van der Waals surface area contributed by atoms with Gasteiger partial charge in [-0.3, -0.25) is 9.67 Å². The van der Waals surface area contributed by atoms with Gasteiger partial charge in [-0.25, -0.2) is 0 Å². The summed E-state index contributed by atoms with van der Waals surface area (Å²) in [4.78, 5) is 4.58. The van der Waals surface area contributed by atoms with Gasteiger partial charge >= 0.3 is 0 Å². The normalized spacial score (nSPS) is 20.1. The van der Waals surface area contributed by atoms with E-state index in [4.69, 9.17) is 5.73 Å². The second-order valence-corrected chi connectivity index (χ2v) is 5.38. The van der Waals surface area contributed by atoms with Crippen molar-refractivity contribution in [1.82, 2.24) is 14.8 Å². The molecule has 2 heterocycles. The smallest absolute Gasteiger partial charge is 0.0540 e. The van der Waals surface area contributed by atoms with Crippen LogP contribution in [0.5, 0.6) is 0 Å². The Balaban J connectivity index is 1.97. The third-order valence-corrected chi connectivity index (χ3v) is 4.30. The Bertz CT molecular complexity index is 588. The summed E-state index contributed by atoms with van der Waals surface area (Å²) in [5, 5.41) is 4.30. The molecule has 2 atom stereocenters. The Morgan fingerprint density at radius 1 is 1.47 bits per heavy atom. The second-order valence-electron chi connectivity index (χ2n) is 5.38. The van der Waals surface area contributed by atoms with E-state index in [1.54, 1.807) is 0 Å². The monoisotopic (exact) mass is 256 g/mol. The average Bonchev–Trinajstić information content (AvgIpc) is 2.78. The standard InChI is InChI=1S/C15H20N4/c1-10-13(9-18-19(10)2)14(16)12-7-3-5-11-6-4-8-17-15(11)12/h4,6,8-9,12,14H,3,5,7,16H2,1-2H3. The molecule has 0 saturated heterocycles. The third kappa shape index (κ3) is 2.06. The van der Waals surface area contributed by atoms with Gasteiger partial charge in [0.25, 0.3) is 0 Å². The van der Waals surface area contributed by atoms with Crippen molar-refractivity contribution in [3.63, 3.8) is 0 Å². The predicted molar refractivity (Wildman–Crippen MR) is 74.8 cm³/mol. The average molecular weight is 256 g/mol. The zero-order chi connectivity index (χ0) is 13.4. The fraction of sp³-hybridized carbons (Fsp3) is 0.467. The van der Waals surface area contributed by atoms with E-state index in [1.807, 2.05) is 30.2 Å². The Hall–Kier alpha value is -1.68. The predicted octanol–water partition coefficient (Wildman–Crippen LogP) is 2.24. The Labute approximate surface area is 113 Å². The number of nitrogens with two attached hydrogens (primary N) is 1. The van der Waals surface area contributed by atoms with Crippen LogP contribution in [0.25, 0.3) is 0 Å². The third-order valence-electron chi connectivity index (χ3n) is 4.30. The van der Waals surface area contributed by atoms with Gasteiger partial charge in [0.2, 0.25) is 0 Å². The summed E-state index contributed by atoms with van der Waals surface area (Å²) in [5.41, 5.74) is 11.3. The Kier molecular flexibility index (Phi) is 3.11. The Morgan fingerprint density at radius 2 is 2.32 bits per heavy atom. The SMILES string of the molecule is Cc1c(C(N)C2CCCc3cccnc32)cnn1C. The molecule has 2 N–H and O–H groups in total. The van der Waals surface area contributed by atoms with E-state index in [-0.39, 0.29) is 6.04 Å². The number of hydrogen-bond acceptors (Lipinski definition) is 3. The lowest BCUT2D eigenvalue weighted by Crippen LogP contribution is -2.25. The fourth-order valence-electron chi connectivity index (χ4n) is 3.05. The molecule has 3 rings (SSSR count). The van der Waals surface area contributed by atoms with Crippen molar-refractivity contribution in [1.29, 1.82) is 0 Å². The molecule has 0 amide bonds. The van der Waals surface area contributed by atoms with E-state index in [0.29, 0.717) is 5.92 Å². The van der Waals surface area contributed by atoms with Crippen LogP contribution in [0.15, 0.2) is 24.5 Å². The molecule has 0 aromatic carbocycles. The quantitative estimate of drug-likeness (QED) is 0.896. The Morgan fingerprint density at radius 3 is 3.05 bits per heavy atom. The van der Waals surface area contributed by atoms with Crippen LogP contribution in [0.2, 0.25) is 0 Å². The molecular formula is C15H20N4. The first-order chi connectivity index (χ1) is 9.18. The number of rotatable bonds is 2.